The number of hydrogen-bond acceptors (Lipinski definition) is 7. The van der Waals surface area contributed by atoms with Crippen LogP contribution in [0.25, 0.3) is 0 Å². The predicted octanol–water partition coefficient (Wildman–Crippen LogP) is 1.23. The van der Waals surface area contributed by atoms with E-state index in [0.29, 0.717) is 17.7 Å². The maximum Gasteiger partial charge on any atom is 0.358 e. The van der Waals surface area contributed by atoms with Gasteiger partial charge in [-0.3, -0.25) is 14.1 Å². The van der Waals surface area contributed by atoms with Gasteiger partial charge in [0.1, 0.15) is 0 Å². The number of ketones is 1. The Balaban J connectivity index is 1.72. The molecule has 0 fully saturated rings. The second kappa shape index (κ2) is 6.83. The van der Waals surface area contributed by atoms with E-state index in [2.05, 4.69) is 9.97 Å². The van der Waals surface area contributed by atoms with Crippen LogP contribution in [-0.2, 0) is 21.2 Å². The molecule has 2 aromatic rings. The average Bonchev–Trinajstić information content (AvgIpc) is 2.95. The van der Waals surface area contributed by atoms with Gasteiger partial charge in [-0.25, -0.2) is 18.2 Å². The van der Waals surface area contributed by atoms with Gasteiger partial charge < -0.3 is 4.74 Å². The van der Waals surface area contributed by atoms with Gasteiger partial charge in [-0.05, 0) is 37.1 Å². The highest BCUT2D eigenvalue weighted by Crippen LogP contribution is 2.34. The molecule has 0 unspecified atom stereocenters. The summed E-state index contributed by atoms with van der Waals surface area (Å²) in [6.07, 6.45) is 5.71. The quantitative estimate of drug-likeness (QED) is 0.571. The molecule has 0 aliphatic carbocycles. The summed E-state index contributed by atoms with van der Waals surface area (Å²) in [6.45, 7) is 1.38. The lowest BCUT2D eigenvalue weighted by atomic mass is 10.0. The van der Waals surface area contributed by atoms with E-state index in [9.17, 15) is 18.0 Å². The molecule has 2 heterocycles. The summed E-state index contributed by atoms with van der Waals surface area (Å²) in [6, 6.07) is 4.58. The first-order chi connectivity index (χ1) is 12.3. The predicted molar refractivity (Wildman–Crippen MR) is 93.6 cm³/mol. The van der Waals surface area contributed by atoms with Crippen LogP contribution >= 0.6 is 0 Å². The molecule has 1 aliphatic heterocycles. The molecule has 0 N–H and O–H groups in total. The van der Waals surface area contributed by atoms with Crippen molar-refractivity contribution >= 4 is 27.5 Å². The van der Waals surface area contributed by atoms with Gasteiger partial charge >= 0.3 is 5.97 Å². The number of nitrogens with zero attached hydrogens (tertiary/aromatic N) is 3. The molecule has 1 atom stereocenters. The topological polar surface area (TPSA) is 107 Å². The maximum absolute atomic E-state index is 12.3. The summed E-state index contributed by atoms with van der Waals surface area (Å²) in [5.41, 5.74) is 1.73. The van der Waals surface area contributed by atoms with Crippen molar-refractivity contribution in [1.82, 2.24) is 9.97 Å². The van der Waals surface area contributed by atoms with Crippen molar-refractivity contribution in [2.45, 2.75) is 19.4 Å². The Morgan fingerprint density at radius 3 is 2.73 bits per heavy atom. The van der Waals surface area contributed by atoms with Gasteiger partial charge in [0.15, 0.2) is 18.1 Å². The van der Waals surface area contributed by atoms with Crippen LogP contribution in [0.15, 0.2) is 36.8 Å². The van der Waals surface area contributed by atoms with Gasteiger partial charge in [-0.2, -0.15) is 0 Å². The van der Waals surface area contributed by atoms with E-state index in [1.165, 1.54) is 29.0 Å². The molecule has 0 amide bonds. The Labute approximate surface area is 150 Å². The fourth-order valence-corrected chi connectivity index (χ4v) is 4.24. The summed E-state index contributed by atoms with van der Waals surface area (Å²) in [4.78, 5) is 31.7. The lowest BCUT2D eigenvalue weighted by molar-refractivity contribution is 0.0468. The van der Waals surface area contributed by atoms with Crippen LogP contribution in [0, 0.1) is 0 Å². The van der Waals surface area contributed by atoms with Crippen LogP contribution < -0.4 is 4.31 Å². The molecule has 0 radical (unpaired) electrons. The smallest absolute Gasteiger partial charge is 0.358 e. The summed E-state index contributed by atoms with van der Waals surface area (Å²) < 4.78 is 30.2. The molecular formula is C17H17N3O5S. The first-order valence-electron chi connectivity index (χ1n) is 7.86. The number of anilines is 1. The Morgan fingerprint density at radius 2 is 2.08 bits per heavy atom. The van der Waals surface area contributed by atoms with Crippen molar-refractivity contribution in [2.75, 3.05) is 17.2 Å². The molecule has 1 aliphatic rings. The molecular weight excluding hydrogens is 358 g/mol. The SMILES string of the molecule is C[C@H]1Cc2cc(C(=O)COC(=O)c3cnccn3)ccc2N1S(C)(=O)=O. The number of ether oxygens (including phenoxy) is 1. The monoisotopic (exact) mass is 375 g/mol. The second-order valence-corrected chi connectivity index (χ2v) is 7.90. The maximum atomic E-state index is 12.3. The second-order valence-electron chi connectivity index (χ2n) is 6.05. The molecule has 0 saturated carbocycles. The average molecular weight is 375 g/mol. The number of esters is 1. The Morgan fingerprint density at radius 1 is 1.31 bits per heavy atom. The van der Waals surface area contributed by atoms with Crippen molar-refractivity contribution in [3.8, 4) is 0 Å². The van der Waals surface area contributed by atoms with Gasteiger partial charge in [0.25, 0.3) is 0 Å². The lowest BCUT2D eigenvalue weighted by Crippen LogP contribution is -2.34. The zero-order valence-electron chi connectivity index (χ0n) is 14.2. The van der Waals surface area contributed by atoms with Crippen molar-refractivity contribution in [3.63, 3.8) is 0 Å². The number of rotatable bonds is 5. The molecule has 1 aromatic heterocycles. The summed E-state index contributed by atoms with van der Waals surface area (Å²) >= 11 is 0. The zero-order chi connectivity index (χ0) is 18.9. The normalized spacial score (nSPS) is 16.2. The summed E-state index contributed by atoms with van der Waals surface area (Å²) in [5, 5.41) is 0. The molecule has 1 aromatic carbocycles. The minimum absolute atomic E-state index is 0.0203. The van der Waals surface area contributed by atoms with Crippen molar-refractivity contribution in [2.24, 2.45) is 0 Å². The van der Waals surface area contributed by atoms with E-state index in [1.54, 1.807) is 12.1 Å². The number of aromatic nitrogens is 2. The fraction of sp³-hybridized carbons (Fsp3) is 0.294. The largest absolute Gasteiger partial charge is 0.453 e. The van der Waals surface area contributed by atoms with E-state index < -0.39 is 22.6 Å². The van der Waals surface area contributed by atoms with E-state index in [4.69, 9.17) is 4.74 Å². The van der Waals surface area contributed by atoms with Crippen molar-refractivity contribution < 1.29 is 22.7 Å². The molecule has 26 heavy (non-hydrogen) atoms. The summed E-state index contributed by atoms with van der Waals surface area (Å²) in [7, 11) is -3.38. The molecule has 136 valence electrons. The van der Waals surface area contributed by atoms with Gasteiger partial charge in [-0.1, -0.05) is 0 Å². The molecule has 8 nitrogen and oxygen atoms in total. The molecule has 9 heteroatoms. The highest BCUT2D eigenvalue weighted by atomic mass is 32.2. The third kappa shape index (κ3) is 3.57. The van der Waals surface area contributed by atoms with E-state index in [0.717, 1.165) is 11.8 Å². The van der Waals surface area contributed by atoms with Crippen LogP contribution in [0.4, 0.5) is 5.69 Å². The first-order valence-corrected chi connectivity index (χ1v) is 9.71. The zero-order valence-corrected chi connectivity index (χ0v) is 15.1. The molecule has 3 rings (SSSR count). The Hall–Kier alpha value is -2.81. The lowest BCUT2D eigenvalue weighted by Gasteiger charge is -2.21. The van der Waals surface area contributed by atoms with Crippen molar-refractivity contribution in [1.29, 1.82) is 0 Å². The molecule has 0 bridgehead atoms. The minimum Gasteiger partial charge on any atom is -0.453 e. The van der Waals surface area contributed by atoms with Gasteiger partial charge in [-0.15, -0.1) is 0 Å². The van der Waals surface area contributed by atoms with E-state index in [-0.39, 0.29) is 17.5 Å². The summed E-state index contributed by atoms with van der Waals surface area (Å²) in [5.74, 6) is -1.11. The number of carbonyl (C=O) groups is 2. The number of carbonyl (C=O) groups excluding carboxylic acids is 2. The van der Waals surface area contributed by atoms with Gasteiger partial charge in [0, 0.05) is 24.0 Å². The molecule has 0 saturated heterocycles. The number of sulfonamides is 1. The van der Waals surface area contributed by atoms with Crippen LogP contribution in [0.3, 0.4) is 0 Å². The molecule has 0 spiro atoms. The minimum atomic E-state index is -3.38. The third-order valence-electron chi connectivity index (χ3n) is 4.02. The highest BCUT2D eigenvalue weighted by molar-refractivity contribution is 7.92. The Bertz CT molecular complexity index is 960. The first kappa shape index (κ1) is 18.0. The third-order valence-corrected chi connectivity index (χ3v) is 5.29. The van der Waals surface area contributed by atoms with Crippen LogP contribution in [0.1, 0.15) is 33.3 Å². The van der Waals surface area contributed by atoms with Gasteiger partial charge in [0.2, 0.25) is 10.0 Å². The van der Waals surface area contributed by atoms with Crippen molar-refractivity contribution in [3.05, 3.63) is 53.6 Å². The highest BCUT2D eigenvalue weighted by Gasteiger charge is 2.32. The fourth-order valence-electron chi connectivity index (χ4n) is 2.97. The number of benzene rings is 1. The number of fused-ring (bicyclic) bond motifs is 1. The standard InChI is InChI=1S/C17H17N3O5S/c1-11-7-13-8-12(3-4-15(13)20(11)26(2,23)24)16(21)10-25-17(22)14-9-18-5-6-19-14/h3-6,8-9,11H,7,10H2,1-2H3/t11-/m0/s1. The van der Waals surface area contributed by atoms with E-state index in [1.807, 2.05) is 6.92 Å². The Kier molecular flexibility index (Phi) is 4.73. The van der Waals surface area contributed by atoms with E-state index >= 15 is 0 Å². The number of hydrogen-bond donors (Lipinski definition) is 0. The number of Topliss-reactive ketones (excluding diaryl/α,β-unsaturated/α-hetero) is 1. The van der Waals surface area contributed by atoms with Crippen LogP contribution in [-0.4, -0.2) is 49.0 Å². The van der Waals surface area contributed by atoms with Gasteiger partial charge in [0.05, 0.1) is 18.1 Å². The van der Waals surface area contributed by atoms with Crippen LogP contribution in [0.5, 0.6) is 0 Å². The van der Waals surface area contributed by atoms with Crippen LogP contribution in [0.2, 0.25) is 0 Å².